The van der Waals surface area contributed by atoms with E-state index in [0.29, 0.717) is 19.1 Å². The molecule has 0 spiro atoms. The summed E-state index contributed by atoms with van der Waals surface area (Å²) < 4.78 is 6.84. The van der Waals surface area contributed by atoms with E-state index in [9.17, 15) is 4.79 Å². The normalized spacial score (nSPS) is 17.3. The molecule has 1 unspecified atom stereocenters. The van der Waals surface area contributed by atoms with Crippen molar-refractivity contribution in [3.63, 3.8) is 0 Å². The van der Waals surface area contributed by atoms with Gasteiger partial charge >= 0.3 is 0 Å². The Kier molecular flexibility index (Phi) is 6.98. The number of methoxy groups -OCH3 is 1. The van der Waals surface area contributed by atoms with Crippen LogP contribution in [0.1, 0.15) is 37.5 Å². The number of hydrogen-bond donors (Lipinski definition) is 3. The number of aliphatic imine (C=N–C) groups is 1. The molecule has 134 valence electrons. The zero-order valence-corrected chi connectivity index (χ0v) is 14.6. The molecular weight excluding hydrogens is 310 g/mol. The van der Waals surface area contributed by atoms with E-state index in [2.05, 4.69) is 31.0 Å². The molecule has 0 aromatic carbocycles. The fourth-order valence-corrected chi connectivity index (χ4v) is 2.59. The second-order valence-electron chi connectivity index (χ2n) is 5.62. The van der Waals surface area contributed by atoms with Gasteiger partial charge in [-0.25, -0.2) is 14.7 Å². The Bertz CT molecular complexity index is 570. The average Bonchev–Trinajstić information content (AvgIpc) is 2.94. The number of rotatable bonds is 7. The van der Waals surface area contributed by atoms with Gasteiger partial charge in [-0.2, -0.15) is 5.10 Å². The number of hydrogen-bond acceptors (Lipinski definition) is 5. The van der Waals surface area contributed by atoms with Crippen molar-refractivity contribution >= 4 is 11.9 Å². The van der Waals surface area contributed by atoms with Crippen LogP contribution in [0.3, 0.4) is 0 Å². The van der Waals surface area contributed by atoms with Crippen molar-refractivity contribution in [2.24, 2.45) is 4.99 Å². The van der Waals surface area contributed by atoms with E-state index in [4.69, 9.17) is 4.74 Å². The van der Waals surface area contributed by atoms with Crippen LogP contribution in [0, 0.1) is 6.92 Å². The van der Waals surface area contributed by atoms with Crippen LogP contribution in [0.5, 0.6) is 0 Å². The Morgan fingerprint density at radius 1 is 1.46 bits per heavy atom. The molecule has 1 aromatic heterocycles. The molecule has 0 saturated carbocycles. The smallest absolute Gasteiger partial charge is 0.241 e. The summed E-state index contributed by atoms with van der Waals surface area (Å²) in [5.74, 6) is 2.18. The monoisotopic (exact) mass is 337 g/mol. The maximum absolute atomic E-state index is 11.8. The van der Waals surface area contributed by atoms with Gasteiger partial charge in [-0.05, 0) is 26.7 Å². The predicted octanol–water partition coefficient (Wildman–Crippen LogP) is -0.261. The van der Waals surface area contributed by atoms with Crippen molar-refractivity contribution in [3.8, 4) is 0 Å². The summed E-state index contributed by atoms with van der Waals surface area (Å²) in [6.07, 6.45) is 1.99. The van der Waals surface area contributed by atoms with E-state index < -0.39 is 0 Å². The first-order valence-electron chi connectivity index (χ1n) is 8.35. The molecule has 9 heteroatoms. The summed E-state index contributed by atoms with van der Waals surface area (Å²) in [6.45, 7) is 6.54. The van der Waals surface area contributed by atoms with Crippen molar-refractivity contribution in [1.29, 1.82) is 0 Å². The van der Waals surface area contributed by atoms with E-state index >= 15 is 0 Å². The van der Waals surface area contributed by atoms with Gasteiger partial charge in [-0.3, -0.25) is 4.79 Å². The highest BCUT2D eigenvalue weighted by atomic mass is 16.5. The topological polar surface area (TPSA) is 105 Å². The first kappa shape index (κ1) is 18.2. The number of nitrogens with one attached hydrogen (secondary N) is 3. The Morgan fingerprint density at radius 3 is 3.04 bits per heavy atom. The van der Waals surface area contributed by atoms with E-state index in [1.165, 1.54) is 0 Å². The van der Waals surface area contributed by atoms with Crippen LogP contribution in [0.4, 0.5) is 0 Å². The van der Waals surface area contributed by atoms with Gasteiger partial charge in [0.25, 0.3) is 0 Å². The molecule has 1 atom stereocenters. The third kappa shape index (κ3) is 5.19. The first-order chi connectivity index (χ1) is 11.6. The highest BCUT2D eigenvalue weighted by Crippen LogP contribution is 2.22. The van der Waals surface area contributed by atoms with Crippen molar-refractivity contribution < 1.29 is 9.53 Å². The number of ether oxygens (including phenoxy) is 1. The van der Waals surface area contributed by atoms with Crippen LogP contribution in [0.15, 0.2) is 4.99 Å². The quantitative estimate of drug-likeness (QED) is 0.360. The maximum Gasteiger partial charge on any atom is 0.241 e. The van der Waals surface area contributed by atoms with Gasteiger partial charge in [0, 0.05) is 26.7 Å². The molecule has 9 nitrogen and oxygen atoms in total. The summed E-state index contributed by atoms with van der Waals surface area (Å²) in [5, 5.41) is 13.7. The lowest BCUT2D eigenvalue weighted by Gasteiger charge is -2.24. The van der Waals surface area contributed by atoms with Crippen molar-refractivity contribution in [3.05, 3.63) is 11.6 Å². The van der Waals surface area contributed by atoms with E-state index in [1.807, 2.05) is 18.5 Å². The maximum atomic E-state index is 11.8. The van der Waals surface area contributed by atoms with Crippen molar-refractivity contribution in [2.45, 2.75) is 39.3 Å². The van der Waals surface area contributed by atoms with Crippen LogP contribution in [-0.2, 0) is 16.1 Å². The molecule has 0 fully saturated rings. The lowest BCUT2D eigenvalue weighted by Crippen LogP contribution is -2.42. The zero-order chi connectivity index (χ0) is 17.4. The molecule has 1 aromatic rings. The minimum absolute atomic E-state index is 0.0503. The summed E-state index contributed by atoms with van der Waals surface area (Å²) in [7, 11) is 1.60. The van der Waals surface area contributed by atoms with Gasteiger partial charge in [0.1, 0.15) is 18.2 Å². The molecule has 1 aliphatic heterocycles. The third-order valence-electron chi connectivity index (χ3n) is 3.64. The fourth-order valence-electron chi connectivity index (χ4n) is 2.59. The number of nitrogens with zero attached hydrogens (tertiary/aromatic N) is 4. The van der Waals surface area contributed by atoms with Gasteiger partial charge in [-0.1, -0.05) is 0 Å². The highest BCUT2D eigenvalue weighted by molar-refractivity contribution is 5.85. The number of carbonyl (C=O) groups excluding carboxylic acids is 1. The Labute approximate surface area is 142 Å². The lowest BCUT2D eigenvalue weighted by atomic mass is 10.1. The van der Waals surface area contributed by atoms with Crippen LogP contribution in [-0.4, -0.2) is 60.0 Å². The van der Waals surface area contributed by atoms with Crippen molar-refractivity contribution in [2.75, 3.05) is 33.4 Å². The van der Waals surface area contributed by atoms with E-state index in [1.54, 1.807) is 7.11 Å². The standard InChI is InChI=1S/C15H27N7O2/c1-4-16-15(18-10-13(23)17-7-9-24-3)20-12-6-5-8-22-14(12)19-11(2)21-22/h12H,4-10H2,1-3H3,(H,17,23)(H2,16,18,20). The number of guanidine groups is 1. The van der Waals surface area contributed by atoms with Gasteiger partial charge < -0.3 is 20.7 Å². The first-order valence-corrected chi connectivity index (χ1v) is 8.35. The molecule has 0 saturated heterocycles. The number of aryl methyl sites for hydroxylation is 2. The van der Waals surface area contributed by atoms with Gasteiger partial charge in [-0.15, -0.1) is 0 Å². The Hall–Kier alpha value is -2.16. The summed E-state index contributed by atoms with van der Waals surface area (Å²) in [5.41, 5.74) is 0. The van der Waals surface area contributed by atoms with Crippen LogP contribution >= 0.6 is 0 Å². The largest absolute Gasteiger partial charge is 0.383 e. The molecule has 1 amide bonds. The highest BCUT2D eigenvalue weighted by Gasteiger charge is 2.24. The molecular formula is C15H27N7O2. The molecule has 1 aliphatic rings. The predicted molar refractivity (Wildman–Crippen MR) is 90.7 cm³/mol. The summed E-state index contributed by atoms with van der Waals surface area (Å²) in [6, 6.07) is 0.0503. The Morgan fingerprint density at radius 2 is 2.29 bits per heavy atom. The second-order valence-corrected chi connectivity index (χ2v) is 5.62. The van der Waals surface area contributed by atoms with Gasteiger partial charge in [0.2, 0.25) is 5.91 Å². The third-order valence-corrected chi connectivity index (χ3v) is 3.64. The minimum Gasteiger partial charge on any atom is -0.383 e. The zero-order valence-electron chi connectivity index (χ0n) is 14.6. The molecule has 3 N–H and O–H groups in total. The summed E-state index contributed by atoms with van der Waals surface area (Å²) in [4.78, 5) is 20.6. The Balaban J connectivity index is 1.95. The van der Waals surface area contributed by atoms with Crippen LogP contribution in [0.25, 0.3) is 0 Å². The lowest BCUT2D eigenvalue weighted by molar-refractivity contribution is -0.119. The number of amides is 1. The number of aromatic nitrogens is 3. The summed E-state index contributed by atoms with van der Waals surface area (Å²) >= 11 is 0. The van der Waals surface area contributed by atoms with Gasteiger partial charge in [0.15, 0.2) is 5.96 Å². The van der Waals surface area contributed by atoms with Gasteiger partial charge in [0.05, 0.1) is 12.6 Å². The second kappa shape index (κ2) is 9.21. The van der Waals surface area contributed by atoms with Crippen LogP contribution in [0.2, 0.25) is 0 Å². The molecule has 0 bridgehead atoms. The fraction of sp³-hybridized carbons (Fsp3) is 0.733. The van der Waals surface area contributed by atoms with E-state index in [0.717, 1.165) is 37.6 Å². The van der Waals surface area contributed by atoms with Crippen molar-refractivity contribution in [1.82, 2.24) is 30.7 Å². The minimum atomic E-state index is -0.132. The van der Waals surface area contributed by atoms with E-state index in [-0.39, 0.29) is 18.5 Å². The van der Waals surface area contributed by atoms with Crippen LogP contribution < -0.4 is 16.0 Å². The number of fused-ring (bicyclic) bond motifs is 1. The molecule has 0 aliphatic carbocycles. The molecule has 2 heterocycles. The molecule has 2 rings (SSSR count). The molecule has 0 radical (unpaired) electrons. The molecule has 24 heavy (non-hydrogen) atoms. The average molecular weight is 337 g/mol. The SMILES string of the molecule is CCNC(=NCC(=O)NCCOC)NC1CCCn2nc(C)nc21. The number of carbonyl (C=O) groups is 1.